The molecular formula is C11H13BrO2. The van der Waals surface area contributed by atoms with Crippen molar-refractivity contribution in [3.63, 3.8) is 0 Å². The van der Waals surface area contributed by atoms with Crippen molar-refractivity contribution in [2.24, 2.45) is 0 Å². The molecule has 76 valence electrons. The van der Waals surface area contributed by atoms with Crippen LogP contribution in [0.5, 0.6) is 0 Å². The van der Waals surface area contributed by atoms with Crippen LogP contribution in [0, 0.1) is 0 Å². The maximum atomic E-state index is 11.3. The molecule has 0 aromatic carbocycles. The largest absolute Gasteiger partial charge is 0.427 e. The van der Waals surface area contributed by atoms with Gasteiger partial charge >= 0.3 is 5.63 Å². The van der Waals surface area contributed by atoms with E-state index >= 15 is 0 Å². The molecule has 0 amide bonds. The minimum atomic E-state index is -0.256. The molecule has 1 aliphatic rings. The highest BCUT2D eigenvalue weighted by Gasteiger charge is 2.18. The van der Waals surface area contributed by atoms with Crippen molar-refractivity contribution in [3.8, 4) is 0 Å². The van der Waals surface area contributed by atoms with Crippen molar-refractivity contribution >= 4 is 15.9 Å². The van der Waals surface area contributed by atoms with E-state index in [0.717, 1.165) is 18.6 Å². The molecule has 0 atom stereocenters. The van der Waals surface area contributed by atoms with Gasteiger partial charge in [-0.05, 0) is 40.9 Å². The van der Waals surface area contributed by atoms with Gasteiger partial charge in [0.1, 0.15) is 10.2 Å². The summed E-state index contributed by atoms with van der Waals surface area (Å²) in [5.74, 6) is 1.32. The van der Waals surface area contributed by atoms with Gasteiger partial charge in [-0.25, -0.2) is 4.79 Å². The summed E-state index contributed by atoms with van der Waals surface area (Å²) in [4.78, 5) is 11.3. The molecule has 0 N–H and O–H groups in total. The summed E-state index contributed by atoms with van der Waals surface area (Å²) in [6.45, 7) is 0. The molecule has 2 rings (SSSR count). The van der Waals surface area contributed by atoms with Crippen molar-refractivity contribution in [3.05, 3.63) is 32.8 Å². The summed E-state index contributed by atoms with van der Waals surface area (Å²) < 4.78 is 5.76. The fourth-order valence-electron chi connectivity index (χ4n) is 2.02. The van der Waals surface area contributed by atoms with E-state index in [1.165, 1.54) is 19.3 Å². The first-order valence-electron chi connectivity index (χ1n) is 5.07. The van der Waals surface area contributed by atoms with Gasteiger partial charge in [-0.3, -0.25) is 0 Å². The molecule has 1 aliphatic carbocycles. The lowest BCUT2D eigenvalue weighted by Gasteiger charge is -2.19. The lowest BCUT2D eigenvalue weighted by Crippen LogP contribution is -2.08. The fraction of sp³-hybridized carbons (Fsp3) is 0.545. The van der Waals surface area contributed by atoms with Gasteiger partial charge in [-0.2, -0.15) is 0 Å². The molecule has 0 aliphatic heterocycles. The average molecular weight is 257 g/mol. The van der Waals surface area contributed by atoms with Crippen molar-refractivity contribution < 1.29 is 4.42 Å². The first kappa shape index (κ1) is 9.97. The molecule has 0 radical (unpaired) electrons. The van der Waals surface area contributed by atoms with Crippen molar-refractivity contribution in [2.75, 3.05) is 0 Å². The van der Waals surface area contributed by atoms with Gasteiger partial charge in [0.15, 0.2) is 0 Å². The summed E-state index contributed by atoms with van der Waals surface area (Å²) in [7, 11) is 0. The van der Waals surface area contributed by atoms with Crippen LogP contribution in [0.25, 0.3) is 0 Å². The molecule has 3 heteroatoms. The molecule has 1 aromatic heterocycles. The third kappa shape index (κ3) is 2.08. The quantitative estimate of drug-likeness (QED) is 0.771. The van der Waals surface area contributed by atoms with Gasteiger partial charge < -0.3 is 4.42 Å². The third-order valence-electron chi connectivity index (χ3n) is 2.81. The normalized spacial score (nSPS) is 18.4. The van der Waals surface area contributed by atoms with Crippen LogP contribution in [-0.2, 0) is 0 Å². The highest BCUT2D eigenvalue weighted by Crippen LogP contribution is 2.32. The Labute approximate surface area is 91.4 Å². The number of hydrogen-bond donors (Lipinski definition) is 0. The van der Waals surface area contributed by atoms with E-state index in [1.54, 1.807) is 6.07 Å². The highest BCUT2D eigenvalue weighted by atomic mass is 79.9. The maximum absolute atomic E-state index is 11.3. The Morgan fingerprint density at radius 2 is 1.93 bits per heavy atom. The predicted molar refractivity (Wildman–Crippen MR) is 58.5 cm³/mol. The Hall–Kier alpha value is -0.570. The predicted octanol–water partition coefficient (Wildman–Crippen LogP) is 3.45. The monoisotopic (exact) mass is 256 g/mol. The minimum Gasteiger partial charge on any atom is -0.427 e. The topological polar surface area (TPSA) is 30.2 Å². The van der Waals surface area contributed by atoms with Crippen LogP contribution in [0.4, 0.5) is 0 Å². The SMILES string of the molecule is O=c1oc(C2CCCCC2)ccc1Br. The van der Waals surface area contributed by atoms with Gasteiger partial charge in [0.2, 0.25) is 0 Å². The van der Waals surface area contributed by atoms with Gasteiger partial charge in [0.25, 0.3) is 0 Å². The van der Waals surface area contributed by atoms with E-state index in [-0.39, 0.29) is 5.63 Å². The summed E-state index contributed by atoms with van der Waals surface area (Å²) in [5, 5.41) is 0. The molecular weight excluding hydrogens is 244 g/mol. The zero-order valence-electron chi connectivity index (χ0n) is 7.96. The lowest BCUT2D eigenvalue weighted by molar-refractivity contribution is 0.354. The third-order valence-corrected chi connectivity index (χ3v) is 3.40. The summed E-state index contributed by atoms with van der Waals surface area (Å²) >= 11 is 3.15. The molecule has 1 fully saturated rings. The van der Waals surface area contributed by atoms with Crippen LogP contribution in [0.2, 0.25) is 0 Å². The Morgan fingerprint density at radius 3 is 2.57 bits per heavy atom. The zero-order chi connectivity index (χ0) is 9.97. The summed E-state index contributed by atoms with van der Waals surface area (Å²) in [6.07, 6.45) is 6.14. The van der Waals surface area contributed by atoms with Crippen molar-refractivity contribution in [1.82, 2.24) is 0 Å². The Bertz CT molecular complexity index is 364. The molecule has 0 bridgehead atoms. The van der Waals surface area contributed by atoms with E-state index in [1.807, 2.05) is 6.07 Å². The van der Waals surface area contributed by atoms with Gasteiger partial charge in [-0.15, -0.1) is 0 Å². The second-order valence-corrected chi connectivity index (χ2v) is 4.66. The van der Waals surface area contributed by atoms with Crippen molar-refractivity contribution in [1.29, 1.82) is 0 Å². The van der Waals surface area contributed by atoms with E-state index in [0.29, 0.717) is 10.4 Å². The van der Waals surface area contributed by atoms with Crippen LogP contribution in [0.15, 0.2) is 25.8 Å². The van der Waals surface area contributed by atoms with Gasteiger partial charge in [-0.1, -0.05) is 19.3 Å². The molecule has 2 nitrogen and oxygen atoms in total. The molecule has 0 unspecified atom stereocenters. The van der Waals surface area contributed by atoms with Gasteiger partial charge in [0, 0.05) is 5.92 Å². The molecule has 1 saturated carbocycles. The average Bonchev–Trinajstić information content (AvgIpc) is 2.23. The second kappa shape index (κ2) is 4.30. The number of hydrogen-bond acceptors (Lipinski definition) is 2. The minimum absolute atomic E-state index is 0.256. The van der Waals surface area contributed by atoms with Crippen LogP contribution in [0.1, 0.15) is 43.8 Å². The van der Waals surface area contributed by atoms with Gasteiger partial charge in [0.05, 0.1) is 0 Å². The Balaban J connectivity index is 2.23. The van der Waals surface area contributed by atoms with Crippen LogP contribution in [-0.4, -0.2) is 0 Å². The molecule has 0 spiro atoms. The second-order valence-electron chi connectivity index (χ2n) is 3.81. The first-order valence-corrected chi connectivity index (χ1v) is 5.86. The lowest BCUT2D eigenvalue weighted by atomic mass is 9.87. The fourth-order valence-corrected chi connectivity index (χ4v) is 2.23. The molecule has 0 saturated heterocycles. The van der Waals surface area contributed by atoms with Crippen LogP contribution < -0.4 is 5.63 Å². The van der Waals surface area contributed by atoms with E-state index in [9.17, 15) is 4.79 Å². The Morgan fingerprint density at radius 1 is 1.21 bits per heavy atom. The number of rotatable bonds is 1. The highest BCUT2D eigenvalue weighted by molar-refractivity contribution is 9.10. The first-order chi connectivity index (χ1) is 6.77. The zero-order valence-corrected chi connectivity index (χ0v) is 9.55. The summed E-state index contributed by atoms with van der Waals surface area (Å²) in [5.41, 5.74) is -0.256. The van der Waals surface area contributed by atoms with Crippen LogP contribution in [0.3, 0.4) is 0 Å². The maximum Gasteiger partial charge on any atom is 0.350 e. The molecule has 1 heterocycles. The molecule has 14 heavy (non-hydrogen) atoms. The van der Waals surface area contributed by atoms with E-state index < -0.39 is 0 Å². The van der Waals surface area contributed by atoms with E-state index in [2.05, 4.69) is 15.9 Å². The standard InChI is InChI=1S/C11H13BrO2/c12-9-6-7-10(14-11(9)13)8-4-2-1-3-5-8/h6-8H,1-5H2. The van der Waals surface area contributed by atoms with Crippen molar-refractivity contribution in [2.45, 2.75) is 38.0 Å². The summed E-state index contributed by atoms with van der Waals surface area (Å²) in [6, 6.07) is 3.71. The Kier molecular flexibility index (Phi) is 3.06. The smallest absolute Gasteiger partial charge is 0.350 e. The van der Waals surface area contributed by atoms with Crippen LogP contribution >= 0.6 is 15.9 Å². The van der Waals surface area contributed by atoms with E-state index in [4.69, 9.17) is 4.42 Å². The number of halogens is 1. The molecule has 1 aromatic rings.